The number of carbonyl (C=O) groups excluding carboxylic acids is 2. The highest BCUT2D eigenvalue weighted by Crippen LogP contribution is 2.17. The third kappa shape index (κ3) is 6.33. The summed E-state index contributed by atoms with van der Waals surface area (Å²) in [5.74, 6) is 0.522. The number of amides is 2. The predicted molar refractivity (Wildman–Crippen MR) is 77.6 cm³/mol. The van der Waals surface area contributed by atoms with Crippen LogP contribution < -0.4 is 10.6 Å². The van der Waals surface area contributed by atoms with Crippen molar-refractivity contribution in [3.63, 3.8) is 0 Å². The number of anilines is 1. The number of hydrogen-bond acceptors (Lipinski definition) is 3. The molecule has 1 rings (SSSR count). The molecule has 0 aliphatic carbocycles. The number of halogens is 1. The van der Waals surface area contributed by atoms with Gasteiger partial charge in [-0.25, -0.2) is 4.98 Å². The Morgan fingerprint density at radius 2 is 2.11 bits per heavy atom. The van der Waals surface area contributed by atoms with Crippen molar-refractivity contribution in [3.8, 4) is 0 Å². The van der Waals surface area contributed by atoms with E-state index in [1.54, 1.807) is 18.3 Å². The van der Waals surface area contributed by atoms with Gasteiger partial charge in [0.05, 0.1) is 11.0 Å². The first kappa shape index (κ1) is 15.6. The first-order valence-corrected chi connectivity index (χ1v) is 6.95. The first-order chi connectivity index (χ1) is 8.99. The minimum Gasteiger partial charge on any atom is -0.347 e. The van der Waals surface area contributed by atoms with E-state index in [0.717, 1.165) is 6.42 Å². The van der Waals surface area contributed by atoms with Gasteiger partial charge in [0.15, 0.2) is 0 Å². The van der Waals surface area contributed by atoms with Gasteiger partial charge in [0.25, 0.3) is 0 Å². The maximum Gasteiger partial charge on any atom is 0.244 e. The molecule has 1 aromatic heterocycles. The van der Waals surface area contributed by atoms with Crippen LogP contribution in [-0.2, 0) is 9.59 Å². The molecule has 0 radical (unpaired) electrons. The summed E-state index contributed by atoms with van der Waals surface area (Å²) in [6.45, 7) is 4.07. The fraction of sp³-hybridized carbons (Fsp3) is 0.462. The fourth-order valence-corrected chi connectivity index (χ4v) is 1.70. The molecule has 2 N–H and O–H groups in total. The number of nitrogens with one attached hydrogen (secondary N) is 2. The third-order valence-electron chi connectivity index (χ3n) is 2.41. The molecule has 0 bridgehead atoms. The van der Waals surface area contributed by atoms with Crippen molar-refractivity contribution in [1.29, 1.82) is 0 Å². The molecule has 0 aliphatic rings. The molecule has 2 amide bonds. The Morgan fingerprint density at radius 1 is 1.37 bits per heavy atom. The smallest absolute Gasteiger partial charge is 0.244 e. The Bertz CT molecular complexity index is 449. The number of hydrogen-bond donors (Lipinski definition) is 2. The van der Waals surface area contributed by atoms with Gasteiger partial charge in [0, 0.05) is 12.6 Å². The topological polar surface area (TPSA) is 71.1 Å². The molecule has 1 aromatic rings. The van der Waals surface area contributed by atoms with Crippen molar-refractivity contribution >= 4 is 33.6 Å². The van der Waals surface area contributed by atoms with Gasteiger partial charge >= 0.3 is 0 Å². The summed E-state index contributed by atoms with van der Waals surface area (Å²) in [7, 11) is 0. The molecule has 5 nitrogen and oxygen atoms in total. The van der Waals surface area contributed by atoms with E-state index in [-0.39, 0.29) is 18.4 Å². The molecule has 19 heavy (non-hydrogen) atoms. The maximum absolute atomic E-state index is 11.6. The quantitative estimate of drug-likeness (QED) is 0.842. The number of aromatic nitrogens is 1. The van der Waals surface area contributed by atoms with Gasteiger partial charge in [-0.15, -0.1) is 0 Å². The number of pyridine rings is 1. The van der Waals surface area contributed by atoms with Crippen molar-refractivity contribution in [2.75, 3.05) is 11.9 Å². The van der Waals surface area contributed by atoms with Crippen LogP contribution in [-0.4, -0.2) is 23.3 Å². The lowest BCUT2D eigenvalue weighted by molar-refractivity contribution is -0.124. The van der Waals surface area contributed by atoms with E-state index >= 15 is 0 Å². The van der Waals surface area contributed by atoms with Crippen molar-refractivity contribution in [2.24, 2.45) is 5.92 Å². The van der Waals surface area contributed by atoms with Gasteiger partial charge < -0.3 is 10.6 Å². The van der Waals surface area contributed by atoms with Crippen molar-refractivity contribution in [1.82, 2.24) is 10.3 Å². The Morgan fingerprint density at radius 3 is 2.74 bits per heavy atom. The van der Waals surface area contributed by atoms with Gasteiger partial charge in [-0.2, -0.15) is 0 Å². The maximum atomic E-state index is 11.6. The van der Waals surface area contributed by atoms with Gasteiger partial charge in [-0.05, 0) is 40.4 Å². The molecule has 0 unspecified atom stereocenters. The Labute approximate surface area is 121 Å². The van der Waals surface area contributed by atoms with Crippen molar-refractivity contribution in [2.45, 2.75) is 26.7 Å². The Kier molecular flexibility index (Phi) is 6.49. The summed E-state index contributed by atoms with van der Waals surface area (Å²) in [6.07, 6.45) is 2.85. The molecule has 1 heterocycles. The third-order valence-corrected chi connectivity index (χ3v) is 3.05. The second-order valence-corrected chi connectivity index (χ2v) is 5.45. The minimum atomic E-state index is -0.294. The van der Waals surface area contributed by atoms with Crippen LogP contribution in [0.1, 0.15) is 26.7 Å². The fourth-order valence-electron chi connectivity index (χ4n) is 1.34. The van der Waals surface area contributed by atoms with Crippen LogP contribution in [0.2, 0.25) is 0 Å². The zero-order valence-electron chi connectivity index (χ0n) is 11.1. The second-order valence-electron chi connectivity index (χ2n) is 4.59. The van der Waals surface area contributed by atoms with Crippen LogP contribution in [0.3, 0.4) is 0 Å². The van der Waals surface area contributed by atoms with Crippen LogP contribution in [0, 0.1) is 5.92 Å². The summed E-state index contributed by atoms with van der Waals surface area (Å²) >= 11 is 3.28. The van der Waals surface area contributed by atoms with Crippen LogP contribution in [0.15, 0.2) is 22.8 Å². The lowest BCUT2D eigenvalue weighted by atomic mass is 10.1. The molecular formula is C13H18BrN3O2. The predicted octanol–water partition coefficient (Wildman–Crippen LogP) is 2.33. The average Bonchev–Trinajstić information content (AvgIpc) is 2.36. The molecule has 104 valence electrons. The Balaban J connectivity index is 2.32. The van der Waals surface area contributed by atoms with E-state index in [4.69, 9.17) is 0 Å². The van der Waals surface area contributed by atoms with Gasteiger partial charge in [-0.3, -0.25) is 9.59 Å². The van der Waals surface area contributed by atoms with Crippen LogP contribution >= 0.6 is 15.9 Å². The summed E-state index contributed by atoms with van der Waals surface area (Å²) in [5, 5.41) is 5.20. The summed E-state index contributed by atoms with van der Waals surface area (Å²) in [5.41, 5.74) is 0. The monoisotopic (exact) mass is 327 g/mol. The molecular weight excluding hydrogens is 310 g/mol. The molecule has 6 heteroatoms. The van der Waals surface area contributed by atoms with Crippen LogP contribution in [0.5, 0.6) is 0 Å². The van der Waals surface area contributed by atoms with Crippen LogP contribution in [0.4, 0.5) is 5.82 Å². The molecule has 0 spiro atoms. The molecule has 0 saturated heterocycles. The van der Waals surface area contributed by atoms with Crippen molar-refractivity contribution < 1.29 is 9.59 Å². The van der Waals surface area contributed by atoms with E-state index in [2.05, 4.69) is 45.4 Å². The second kappa shape index (κ2) is 7.89. The van der Waals surface area contributed by atoms with Crippen molar-refractivity contribution in [3.05, 3.63) is 22.8 Å². The zero-order chi connectivity index (χ0) is 14.3. The van der Waals surface area contributed by atoms with E-state index in [9.17, 15) is 9.59 Å². The van der Waals surface area contributed by atoms with Gasteiger partial charge in [-0.1, -0.05) is 13.8 Å². The largest absolute Gasteiger partial charge is 0.347 e. The lowest BCUT2D eigenvalue weighted by Gasteiger charge is -2.08. The molecule has 0 aliphatic heterocycles. The molecule has 0 saturated carbocycles. The average molecular weight is 328 g/mol. The summed E-state index contributed by atoms with van der Waals surface area (Å²) in [4.78, 5) is 27.1. The number of carbonyl (C=O) groups is 2. The van der Waals surface area contributed by atoms with Crippen LogP contribution in [0.25, 0.3) is 0 Å². The first-order valence-electron chi connectivity index (χ1n) is 6.16. The minimum absolute atomic E-state index is 0.0417. The summed E-state index contributed by atoms with van der Waals surface area (Å²) < 4.78 is 0.703. The molecule has 0 aromatic carbocycles. The molecule has 0 atom stereocenters. The lowest BCUT2D eigenvalue weighted by Crippen LogP contribution is -2.33. The number of rotatable bonds is 6. The highest BCUT2D eigenvalue weighted by atomic mass is 79.9. The Hall–Kier alpha value is -1.43. The van der Waals surface area contributed by atoms with E-state index < -0.39 is 0 Å². The summed E-state index contributed by atoms with van der Waals surface area (Å²) in [6, 6.07) is 3.54. The highest BCUT2D eigenvalue weighted by molar-refractivity contribution is 9.10. The number of nitrogens with zero attached hydrogens (tertiary/aromatic N) is 1. The zero-order valence-corrected chi connectivity index (χ0v) is 12.7. The van der Waals surface area contributed by atoms with Gasteiger partial charge in [0.2, 0.25) is 11.8 Å². The standard InChI is InChI=1S/C13H18BrN3O2/c1-9(2)5-6-11(18)16-8-12(19)17-13-10(14)4-3-7-15-13/h3-4,7,9H,5-6,8H2,1-2H3,(H,16,18)(H,15,17,19). The highest BCUT2D eigenvalue weighted by Gasteiger charge is 2.08. The van der Waals surface area contributed by atoms with E-state index in [1.807, 2.05) is 0 Å². The SMILES string of the molecule is CC(C)CCC(=O)NCC(=O)Nc1ncccc1Br. The molecule has 0 fully saturated rings. The van der Waals surface area contributed by atoms with E-state index in [1.165, 1.54) is 0 Å². The van der Waals surface area contributed by atoms with E-state index in [0.29, 0.717) is 22.6 Å². The normalized spacial score (nSPS) is 10.3. The van der Waals surface area contributed by atoms with Gasteiger partial charge in [0.1, 0.15) is 5.82 Å².